The molecule has 1 fully saturated rings. The Balaban J connectivity index is 1.85. The number of amides is 2. The number of para-hydroxylation sites is 1. The molecule has 1 N–H and O–H groups in total. The van der Waals surface area contributed by atoms with Crippen LogP contribution >= 0.6 is 0 Å². The van der Waals surface area contributed by atoms with E-state index in [0.717, 1.165) is 4.90 Å². The van der Waals surface area contributed by atoms with Crippen molar-refractivity contribution in [3.05, 3.63) is 48.3 Å². The first-order valence-electron chi connectivity index (χ1n) is 7.64. The van der Waals surface area contributed by atoms with Gasteiger partial charge in [0.05, 0.1) is 26.3 Å². The fourth-order valence-electron chi connectivity index (χ4n) is 2.72. The molecule has 1 aliphatic rings. The highest BCUT2D eigenvalue weighted by molar-refractivity contribution is 6.23. The number of ether oxygens (including phenoxy) is 2. The zero-order chi connectivity index (χ0) is 18.0. The third-order valence-electron chi connectivity index (χ3n) is 3.93. The molecular weight excluding hydrogens is 327 g/mol. The number of imide groups is 1. The quantitative estimate of drug-likeness (QED) is 0.845. The Bertz CT molecular complexity index is 802. The second-order valence-electron chi connectivity index (χ2n) is 5.52. The summed E-state index contributed by atoms with van der Waals surface area (Å²) in [6.07, 6.45) is -0.0628. The molecule has 7 heteroatoms. The van der Waals surface area contributed by atoms with Gasteiger partial charge in [0.1, 0.15) is 23.4 Å². The maximum absolute atomic E-state index is 13.9. The lowest BCUT2D eigenvalue weighted by Gasteiger charge is -2.17. The average molecular weight is 344 g/mol. The SMILES string of the molecule is COc1cc(NC2CC(=O)N(c3ccccc3F)C2=O)cc(OC)c1. The van der Waals surface area contributed by atoms with Gasteiger partial charge in [-0.2, -0.15) is 0 Å². The van der Waals surface area contributed by atoms with Gasteiger partial charge in [0.15, 0.2) is 0 Å². The van der Waals surface area contributed by atoms with Gasteiger partial charge in [-0.15, -0.1) is 0 Å². The largest absolute Gasteiger partial charge is 0.497 e. The lowest BCUT2D eigenvalue weighted by atomic mass is 10.2. The van der Waals surface area contributed by atoms with Gasteiger partial charge in [0.2, 0.25) is 5.91 Å². The highest BCUT2D eigenvalue weighted by Crippen LogP contribution is 2.30. The molecule has 2 amide bonds. The van der Waals surface area contributed by atoms with Crippen LogP contribution in [-0.4, -0.2) is 32.1 Å². The summed E-state index contributed by atoms with van der Waals surface area (Å²) >= 11 is 0. The highest BCUT2D eigenvalue weighted by atomic mass is 19.1. The van der Waals surface area contributed by atoms with Crippen LogP contribution in [0.5, 0.6) is 11.5 Å². The molecule has 1 aliphatic heterocycles. The minimum Gasteiger partial charge on any atom is -0.497 e. The van der Waals surface area contributed by atoms with Crippen LogP contribution in [-0.2, 0) is 9.59 Å². The first-order valence-corrected chi connectivity index (χ1v) is 7.64. The Kier molecular flexibility index (Phi) is 4.56. The number of nitrogens with one attached hydrogen (secondary N) is 1. The standard InChI is InChI=1S/C18H17FN2O4/c1-24-12-7-11(8-13(9-12)25-2)20-15-10-17(22)21(18(15)23)16-6-4-3-5-14(16)19/h3-9,15,20H,10H2,1-2H3. The molecule has 1 heterocycles. The zero-order valence-corrected chi connectivity index (χ0v) is 13.8. The number of hydrogen-bond donors (Lipinski definition) is 1. The van der Waals surface area contributed by atoms with Gasteiger partial charge in [-0.05, 0) is 12.1 Å². The Hall–Kier alpha value is -3.09. The number of carbonyl (C=O) groups excluding carboxylic acids is 2. The van der Waals surface area contributed by atoms with Crippen LogP contribution in [0.2, 0.25) is 0 Å². The molecule has 25 heavy (non-hydrogen) atoms. The summed E-state index contributed by atoms with van der Waals surface area (Å²) in [4.78, 5) is 25.7. The van der Waals surface area contributed by atoms with E-state index in [1.807, 2.05) is 0 Å². The summed E-state index contributed by atoms with van der Waals surface area (Å²) in [7, 11) is 3.03. The van der Waals surface area contributed by atoms with Gasteiger partial charge in [-0.3, -0.25) is 9.59 Å². The molecule has 0 radical (unpaired) electrons. The van der Waals surface area contributed by atoms with Crippen molar-refractivity contribution in [2.75, 3.05) is 24.4 Å². The summed E-state index contributed by atoms with van der Waals surface area (Å²) in [5.74, 6) is -0.485. The molecule has 1 saturated heterocycles. The van der Waals surface area contributed by atoms with E-state index in [1.165, 1.54) is 32.4 Å². The van der Waals surface area contributed by atoms with Crippen LogP contribution in [0.4, 0.5) is 15.8 Å². The topological polar surface area (TPSA) is 67.9 Å². The summed E-state index contributed by atoms with van der Waals surface area (Å²) in [5.41, 5.74) is 0.530. The summed E-state index contributed by atoms with van der Waals surface area (Å²) in [5, 5.41) is 3.00. The third-order valence-corrected chi connectivity index (χ3v) is 3.93. The van der Waals surface area contributed by atoms with E-state index >= 15 is 0 Å². The van der Waals surface area contributed by atoms with Crippen molar-refractivity contribution in [2.24, 2.45) is 0 Å². The molecule has 0 bridgehead atoms. The third kappa shape index (κ3) is 3.26. The molecular formula is C18H17FN2O4. The number of carbonyl (C=O) groups is 2. The molecule has 2 aromatic carbocycles. The molecule has 0 aliphatic carbocycles. The van der Waals surface area contributed by atoms with E-state index in [1.54, 1.807) is 24.3 Å². The number of benzene rings is 2. The number of rotatable bonds is 5. The molecule has 1 atom stereocenters. The van der Waals surface area contributed by atoms with Gasteiger partial charge in [-0.25, -0.2) is 9.29 Å². The number of hydrogen-bond acceptors (Lipinski definition) is 5. The summed E-state index contributed by atoms with van der Waals surface area (Å²) < 4.78 is 24.3. The van der Waals surface area contributed by atoms with Crippen molar-refractivity contribution in [3.63, 3.8) is 0 Å². The van der Waals surface area contributed by atoms with Crippen LogP contribution in [0.1, 0.15) is 6.42 Å². The normalized spacial score (nSPS) is 16.9. The van der Waals surface area contributed by atoms with Gasteiger partial charge in [0, 0.05) is 23.9 Å². The molecule has 6 nitrogen and oxygen atoms in total. The molecule has 0 spiro atoms. The molecule has 3 rings (SSSR count). The fraction of sp³-hybridized carbons (Fsp3) is 0.222. The van der Waals surface area contributed by atoms with Crippen LogP contribution in [0, 0.1) is 5.82 Å². The number of nitrogens with zero attached hydrogens (tertiary/aromatic N) is 1. The van der Waals surface area contributed by atoms with Crippen LogP contribution in [0.25, 0.3) is 0 Å². The maximum Gasteiger partial charge on any atom is 0.256 e. The van der Waals surface area contributed by atoms with Crippen molar-refractivity contribution in [2.45, 2.75) is 12.5 Å². The molecule has 1 unspecified atom stereocenters. The Labute approximate surface area is 144 Å². The molecule has 130 valence electrons. The first-order chi connectivity index (χ1) is 12.0. The van der Waals surface area contributed by atoms with Crippen LogP contribution in [0.3, 0.4) is 0 Å². The maximum atomic E-state index is 13.9. The van der Waals surface area contributed by atoms with Crippen molar-refractivity contribution < 1.29 is 23.5 Å². The van der Waals surface area contributed by atoms with Crippen LogP contribution < -0.4 is 19.7 Å². The second kappa shape index (κ2) is 6.80. The second-order valence-corrected chi connectivity index (χ2v) is 5.52. The van der Waals surface area contributed by atoms with E-state index in [-0.39, 0.29) is 12.1 Å². The van der Waals surface area contributed by atoms with Gasteiger partial charge in [-0.1, -0.05) is 12.1 Å². The zero-order valence-electron chi connectivity index (χ0n) is 13.8. The molecule has 0 aromatic heterocycles. The van der Waals surface area contributed by atoms with E-state index < -0.39 is 23.7 Å². The Morgan fingerprint density at radius 2 is 1.72 bits per heavy atom. The van der Waals surface area contributed by atoms with Crippen molar-refractivity contribution in [1.82, 2.24) is 0 Å². The minimum absolute atomic E-state index is 0.0370. The van der Waals surface area contributed by atoms with E-state index in [4.69, 9.17) is 9.47 Å². The first kappa shape index (κ1) is 16.8. The van der Waals surface area contributed by atoms with Crippen molar-refractivity contribution in [1.29, 1.82) is 0 Å². The monoisotopic (exact) mass is 344 g/mol. The van der Waals surface area contributed by atoms with Gasteiger partial charge in [0.25, 0.3) is 5.91 Å². The lowest BCUT2D eigenvalue weighted by molar-refractivity contribution is -0.121. The summed E-state index contributed by atoms with van der Waals surface area (Å²) in [6.45, 7) is 0. The minimum atomic E-state index is -0.788. The van der Waals surface area contributed by atoms with Crippen molar-refractivity contribution >= 4 is 23.2 Å². The van der Waals surface area contributed by atoms with Gasteiger partial charge < -0.3 is 14.8 Å². The van der Waals surface area contributed by atoms with E-state index in [2.05, 4.69) is 5.32 Å². The van der Waals surface area contributed by atoms with E-state index in [0.29, 0.717) is 17.2 Å². The van der Waals surface area contributed by atoms with Crippen molar-refractivity contribution in [3.8, 4) is 11.5 Å². The lowest BCUT2D eigenvalue weighted by Crippen LogP contribution is -2.35. The molecule has 2 aromatic rings. The highest BCUT2D eigenvalue weighted by Gasteiger charge is 2.40. The number of methoxy groups -OCH3 is 2. The number of halogens is 1. The molecule has 0 saturated carbocycles. The Morgan fingerprint density at radius 1 is 1.08 bits per heavy atom. The fourth-order valence-corrected chi connectivity index (χ4v) is 2.72. The van der Waals surface area contributed by atoms with Crippen LogP contribution in [0.15, 0.2) is 42.5 Å². The average Bonchev–Trinajstić information content (AvgIpc) is 2.88. The smallest absolute Gasteiger partial charge is 0.256 e. The Morgan fingerprint density at radius 3 is 2.32 bits per heavy atom. The van der Waals surface area contributed by atoms with E-state index in [9.17, 15) is 14.0 Å². The van der Waals surface area contributed by atoms with Gasteiger partial charge >= 0.3 is 0 Å². The number of anilines is 2. The predicted molar refractivity (Wildman–Crippen MR) is 90.5 cm³/mol. The summed E-state index contributed by atoms with van der Waals surface area (Å²) in [6, 6.07) is 9.97. The predicted octanol–water partition coefficient (Wildman–Crippen LogP) is 2.59.